The summed E-state index contributed by atoms with van der Waals surface area (Å²) in [5.41, 5.74) is 1.81. The summed E-state index contributed by atoms with van der Waals surface area (Å²) >= 11 is 0. The number of aliphatic hydroxyl groups is 1. The van der Waals surface area contributed by atoms with Gasteiger partial charge in [-0.05, 0) is 62.2 Å². The van der Waals surface area contributed by atoms with Crippen molar-refractivity contribution in [2.24, 2.45) is 5.41 Å². The number of fused-ring (bicyclic) bond motifs is 1. The largest absolute Gasteiger partial charge is 0.493 e. The first kappa shape index (κ1) is 19.2. The molecule has 3 heterocycles. The molecule has 5 unspecified atom stereocenters. The maximum atomic E-state index is 13.0. The van der Waals surface area contributed by atoms with Crippen molar-refractivity contribution < 1.29 is 19.4 Å². The van der Waals surface area contributed by atoms with E-state index in [9.17, 15) is 9.90 Å². The predicted octanol–water partition coefficient (Wildman–Crippen LogP) is 2.71. The Bertz CT molecular complexity index is 858. The molecule has 158 valence electrons. The normalized spacial score (nSPS) is 37.7. The molecule has 1 aromatic rings. The Morgan fingerprint density at radius 1 is 1.24 bits per heavy atom. The Hall–Kier alpha value is -1.79. The van der Waals surface area contributed by atoms with Gasteiger partial charge in [-0.15, -0.1) is 0 Å². The Labute approximate surface area is 172 Å². The maximum Gasteiger partial charge on any atom is 0.224 e. The van der Waals surface area contributed by atoms with Crippen molar-refractivity contribution in [1.82, 2.24) is 4.90 Å². The van der Waals surface area contributed by atoms with Crippen LogP contribution in [0, 0.1) is 5.41 Å². The van der Waals surface area contributed by atoms with Crippen LogP contribution in [0.25, 0.3) is 0 Å². The maximum absolute atomic E-state index is 13.0. The second kappa shape index (κ2) is 6.35. The summed E-state index contributed by atoms with van der Waals surface area (Å²) in [4.78, 5) is 17.4. The molecule has 5 atom stereocenters. The molecule has 4 aliphatic rings. The molecule has 6 nitrogen and oxygen atoms in total. The standard InChI is InChI=1S/C23H32N2O4/c1-5-22-9-6-11-24-12-10-23(21(22)24)15-7-8-17(28-3)19(29-4)18(15)25(14(2)26)20(23)16(27)13-22/h7-8,16,20-21,27H,5-6,9-13H2,1-4H3. The highest BCUT2D eigenvalue weighted by atomic mass is 16.5. The average molecular weight is 401 g/mol. The van der Waals surface area contributed by atoms with Gasteiger partial charge in [-0.3, -0.25) is 9.69 Å². The fraction of sp³-hybridized carbons (Fsp3) is 0.696. The lowest BCUT2D eigenvalue weighted by atomic mass is 9.51. The number of benzene rings is 1. The number of aliphatic hydroxyl groups excluding tert-OH is 1. The number of methoxy groups -OCH3 is 2. The van der Waals surface area contributed by atoms with Crippen LogP contribution in [-0.4, -0.2) is 61.4 Å². The number of anilines is 1. The molecular formula is C23H32N2O4. The molecular weight excluding hydrogens is 368 g/mol. The number of hydrogen-bond donors (Lipinski definition) is 1. The van der Waals surface area contributed by atoms with Crippen molar-refractivity contribution in [3.8, 4) is 11.5 Å². The molecule has 6 heteroatoms. The number of carbonyl (C=O) groups is 1. The number of amides is 1. The third-order valence-electron chi connectivity index (χ3n) is 8.46. The average Bonchev–Trinajstić information content (AvgIpc) is 3.25. The van der Waals surface area contributed by atoms with Crippen LogP contribution >= 0.6 is 0 Å². The molecule has 1 aromatic carbocycles. The molecule has 1 N–H and O–H groups in total. The van der Waals surface area contributed by atoms with Crippen molar-refractivity contribution >= 4 is 11.6 Å². The summed E-state index contributed by atoms with van der Waals surface area (Å²) in [5, 5.41) is 11.5. The molecule has 3 fully saturated rings. The molecule has 3 aliphatic heterocycles. The van der Waals surface area contributed by atoms with Gasteiger partial charge >= 0.3 is 0 Å². The van der Waals surface area contributed by atoms with Gasteiger partial charge in [-0.2, -0.15) is 0 Å². The number of piperidine rings is 1. The fourth-order valence-corrected chi connectivity index (χ4v) is 7.64. The van der Waals surface area contributed by atoms with Gasteiger partial charge in [0, 0.05) is 18.4 Å². The topological polar surface area (TPSA) is 62.2 Å². The van der Waals surface area contributed by atoms with Crippen LogP contribution in [0.4, 0.5) is 5.69 Å². The van der Waals surface area contributed by atoms with Crippen LogP contribution in [0.3, 0.4) is 0 Å². The lowest BCUT2D eigenvalue weighted by Gasteiger charge is -2.60. The lowest BCUT2D eigenvalue weighted by molar-refractivity contribution is -0.121. The summed E-state index contributed by atoms with van der Waals surface area (Å²) in [5.74, 6) is 1.19. The molecule has 2 saturated heterocycles. The van der Waals surface area contributed by atoms with Gasteiger partial charge in [0.2, 0.25) is 5.91 Å². The highest BCUT2D eigenvalue weighted by Gasteiger charge is 2.71. The van der Waals surface area contributed by atoms with E-state index in [-0.39, 0.29) is 22.8 Å². The minimum atomic E-state index is -0.545. The number of carbonyl (C=O) groups excluding carboxylic acids is 1. The summed E-state index contributed by atoms with van der Waals surface area (Å²) in [7, 11) is 3.25. The molecule has 1 aliphatic carbocycles. The Morgan fingerprint density at radius 3 is 2.69 bits per heavy atom. The van der Waals surface area contributed by atoms with Crippen molar-refractivity contribution in [3.05, 3.63) is 17.7 Å². The summed E-state index contributed by atoms with van der Waals surface area (Å²) in [6.45, 7) is 6.01. The van der Waals surface area contributed by atoms with E-state index in [0.29, 0.717) is 17.5 Å². The highest BCUT2D eigenvalue weighted by Crippen LogP contribution is 2.67. The number of nitrogens with zero attached hydrogens (tertiary/aromatic N) is 2. The van der Waals surface area contributed by atoms with Crippen LogP contribution in [0.5, 0.6) is 11.5 Å². The van der Waals surface area contributed by atoms with E-state index < -0.39 is 6.10 Å². The van der Waals surface area contributed by atoms with E-state index in [2.05, 4.69) is 17.9 Å². The molecule has 29 heavy (non-hydrogen) atoms. The van der Waals surface area contributed by atoms with E-state index in [1.807, 2.05) is 11.0 Å². The zero-order chi connectivity index (χ0) is 20.6. The first-order valence-corrected chi connectivity index (χ1v) is 10.9. The van der Waals surface area contributed by atoms with Crippen LogP contribution < -0.4 is 14.4 Å². The monoisotopic (exact) mass is 400 g/mol. The zero-order valence-electron chi connectivity index (χ0n) is 17.9. The molecule has 1 spiro atoms. The molecule has 1 saturated carbocycles. The van der Waals surface area contributed by atoms with Crippen molar-refractivity contribution in [1.29, 1.82) is 0 Å². The first-order chi connectivity index (χ1) is 13.9. The van der Waals surface area contributed by atoms with Crippen molar-refractivity contribution in [2.45, 2.75) is 69.6 Å². The number of rotatable bonds is 3. The Morgan fingerprint density at radius 2 is 2.03 bits per heavy atom. The quantitative estimate of drug-likeness (QED) is 0.845. The first-order valence-electron chi connectivity index (χ1n) is 10.9. The van der Waals surface area contributed by atoms with Gasteiger partial charge in [0.1, 0.15) is 0 Å². The lowest BCUT2D eigenvalue weighted by Crippen LogP contribution is -2.69. The predicted molar refractivity (Wildman–Crippen MR) is 111 cm³/mol. The van der Waals surface area contributed by atoms with E-state index in [0.717, 1.165) is 50.0 Å². The Balaban J connectivity index is 1.81. The molecule has 0 radical (unpaired) electrons. The second-order valence-electron chi connectivity index (χ2n) is 9.35. The van der Waals surface area contributed by atoms with E-state index >= 15 is 0 Å². The van der Waals surface area contributed by atoms with E-state index in [1.54, 1.807) is 21.1 Å². The molecule has 0 bridgehead atoms. The van der Waals surface area contributed by atoms with Gasteiger partial charge in [-0.25, -0.2) is 0 Å². The third kappa shape index (κ3) is 2.17. The van der Waals surface area contributed by atoms with Gasteiger partial charge < -0.3 is 19.5 Å². The van der Waals surface area contributed by atoms with E-state index in [1.165, 1.54) is 6.42 Å². The van der Waals surface area contributed by atoms with Crippen LogP contribution in [0.1, 0.15) is 51.5 Å². The SMILES string of the molecule is CCC12CCCN3CCC4(c5ccc(OC)c(OC)c5N(C(C)=O)C4C(O)C1)C32. The second-order valence-corrected chi connectivity index (χ2v) is 9.35. The van der Waals surface area contributed by atoms with Crippen molar-refractivity contribution in [2.75, 3.05) is 32.2 Å². The van der Waals surface area contributed by atoms with Gasteiger partial charge in [-0.1, -0.05) is 13.0 Å². The van der Waals surface area contributed by atoms with Crippen LogP contribution in [0.2, 0.25) is 0 Å². The molecule has 0 aromatic heterocycles. The third-order valence-corrected chi connectivity index (χ3v) is 8.46. The summed E-state index contributed by atoms with van der Waals surface area (Å²) in [6.07, 6.45) is 4.58. The fourth-order valence-electron chi connectivity index (χ4n) is 7.64. The number of hydrogen-bond acceptors (Lipinski definition) is 5. The molecule has 5 rings (SSSR count). The molecule has 1 amide bonds. The number of ether oxygens (including phenoxy) is 2. The zero-order valence-corrected chi connectivity index (χ0v) is 17.9. The summed E-state index contributed by atoms with van der Waals surface area (Å²) in [6, 6.07) is 4.20. The Kier molecular flexibility index (Phi) is 4.20. The van der Waals surface area contributed by atoms with Gasteiger partial charge in [0.05, 0.1) is 32.1 Å². The van der Waals surface area contributed by atoms with E-state index in [4.69, 9.17) is 9.47 Å². The highest BCUT2D eigenvalue weighted by molar-refractivity contribution is 5.99. The minimum absolute atomic E-state index is 0.0445. The van der Waals surface area contributed by atoms with Gasteiger partial charge in [0.25, 0.3) is 0 Å². The summed E-state index contributed by atoms with van der Waals surface area (Å²) < 4.78 is 11.3. The van der Waals surface area contributed by atoms with Crippen LogP contribution in [0.15, 0.2) is 12.1 Å². The van der Waals surface area contributed by atoms with Crippen molar-refractivity contribution in [3.63, 3.8) is 0 Å². The minimum Gasteiger partial charge on any atom is -0.493 e. The van der Waals surface area contributed by atoms with Gasteiger partial charge in [0.15, 0.2) is 11.5 Å². The smallest absolute Gasteiger partial charge is 0.224 e. The van der Waals surface area contributed by atoms with Crippen LogP contribution in [-0.2, 0) is 10.2 Å².